The number of nitrogens with one attached hydrogen (secondary N) is 1. The van der Waals surface area contributed by atoms with Gasteiger partial charge >= 0.3 is 5.97 Å². The van der Waals surface area contributed by atoms with Gasteiger partial charge in [0, 0.05) is 32.8 Å². The molecule has 0 bridgehead atoms. The van der Waals surface area contributed by atoms with Gasteiger partial charge in [0.05, 0.1) is 19.5 Å². The number of unbranched alkanes of at least 4 members (excludes halogenated alkanes) is 2. The lowest BCUT2D eigenvalue weighted by Gasteiger charge is -2.34. The zero-order valence-corrected chi connectivity index (χ0v) is 24.1. The van der Waals surface area contributed by atoms with Crippen LogP contribution < -0.4 is 5.32 Å². The molecule has 4 atom stereocenters. The van der Waals surface area contributed by atoms with Crippen LogP contribution in [0, 0.1) is 0 Å². The van der Waals surface area contributed by atoms with Crippen LogP contribution in [0.2, 0.25) is 0 Å². The van der Waals surface area contributed by atoms with Gasteiger partial charge < -0.3 is 29.0 Å². The van der Waals surface area contributed by atoms with Gasteiger partial charge in [0.15, 0.2) is 29.3 Å². The van der Waals surface area contributed by atoms with E-state index in [-0.39, 0.29) is 24.9 Å². The third-order valence-corrected chi connectivity index (χ3v) is 6.83. The molecule has 1 amide bonds. The lowest BCUT2D eigenvalue weighted by atomic mass is 9.96. The monoisotopic (exact) mass is 569 g/mol. The van der Waals surface area contributed by atoms with Gasteiger partial charge in [-0.05, 0) is 25.0 Å². The summed E-state index contributed by atoms with van der Waals surface area (Å²) in [6, 6.07) is 8.81. The summed E-state index contributed by atoms with van der Waals surface area (Å²) >= 11 is 0. The Labute approximate surface area is 239 Å². The van der Waals surface area contributed by atoms with Crippen molar-refractivity contribution in [3.05, 3.63) is 48.5 Å². The lowest BCUT2D eigenvalue weighted by molar-refractivity contribution is -0.175. The molecule has 0 radical (unpaired) electrons. The minimum Gasteiger partial charge on any atom is -0.455 e. The zero-order valence-electron chi connectivity index (χ0n) is 24.1. The Kier molecular flexibility index (Phi) is 10.7. The maximum Gasteiger partial charge on any atom is 0.303 e. The molecule has 1 aromatic carbocycles. The highest BCUT2D eigenvalue weighted by atomic mass is 16.7. The number of esters is 1. The van der Waals surface area contributed by atoms with Crippen LogP contribution in [0.1, 0.15) is 63.0 Å². The Morgan fingerprint density at radius 1 is 1.05 bits per heavy atom. The van der Waals surface area contributed by atoms with E-state index in [9.17, 15) is 9.59 Å². The Bertz CT molecular complexity index is 1290. The Hall–Kier alpha value is -3.45. The molecule has 12 nitrogen and oxygen atoms in total. The topological polar surface area (TPSA) is 136 Å². The number of methoxy groups -OCH3 is 1. The molecule has 1 aliphatic rings. The molecular weight excluding hydrogens is 530 g/mol. The van der Waals surface area contributed by atoms with Crippen LogP contribution >= 0.6 is 0 Å². The van der Waals surface area contributed by atoms with Crippen molar-refractivity contribution < 1.29 is 33.3 Å². The van der Waals surface area contributed by atoms with Gasteiger partial charge in [0.1, 0.15) is 18.0 Å². The Morgan fingerprint density at radius 3 is 2.51 bits per heavy atom. The quantitative estimate of drug-likeness (QED) is 0.212. The van der Waals surface area contributed by atoms with Gasteiger partial charge in [-0.3, -0.25) is 14.2 Å². The van der Waals surface area contributed by atoms with E-state index in [1.807, 2.05) is 6.07 Å². The van der Waals surface area contributed by atoms with Crippen molar-refractivity contribution in [3.63, 3.8) is 0 Å². The summed E-state index contributed by atoms with van der Waals surface area (Å²) in [5.41, 5.74) is 0.147. The number of aromatic nitrogens is 4. The SMILES string of the molecule is CCCCOC[C@@]1(COC)O[C@@H](n2cnc3c(NC(=O)c4ccccc4)ncnc32)[C@@H](OC(C)=O)C1OCCCC. The number of imidazole rings is 1. The Balaban J connectivity index is 1.71. The molecule has 3 heterocycles. The standard InChI is InChI=1S/C29H39N5O7/c1-5-7-14-38-17-29(16-37-4)24(39-15-8-6-2)23(40-20(3)35)28(41-29)34-19-32-22-25(30-18-31-26(22)34)33-27(36)21-12-10-9-11-13-21/h9-13,18-19,23-24,28H,5-8,14-17H2,1-4H3,(H,30,31,33,36)/t23-,24?,28+,29+/m0/s1. The van der Waals surface area contributed by atoms with E-state index in [4.69, 9.17) is 23.7 Å². The number of carbonyl (C=O) groups is 2. The first-order chi connectivity index (χ1) is 19.9. The maximum absolute atomic E-state index is 12.8. The highest BCUT2D eigenvalue weighted by Gasteiger charge is 2.59. The fourth-order valence-electron chi connectivity index (χ4n) is 4.86. The van der Waals surface area contributed by atoms with Crippen LogP contribution in [-0.4, -0.2) is 82.7 Å². The molecular formula is C29H39N5O7. The van der Waals surface area contributed by atoms with Crippen LogP contribution in [-0.2, 0) is 28.5 Å². The molecule has 3 aromatic rings. The number of anilines is 1. The summed E-state index contributed by atoms with van der Waals surface area (Å²) in [6.07, 6.45) is 4.07. The number of nitrogens with zero attached hydrogens (tertiary/aromatic N) is 4. The predicted octanol–water partition coefficient (Wildman–Crippen LogP) is 3.93. The molecule has 0 aliphatic carbocycles. The number of hydrogen-bond donors (Lipinski definition) is 1. The summed E-state index contributed by atoms with van der Waals surface area (Å²) in [7, 11) is 1.58. The van der Waals surface area contributed by atoms with E-state index in [1.165, 1.54) is 19.6 Å². The number of carbonyl (C=O) groups excluding carboxylic acids is 2. The minimum atomic E-state index is -1.07. The molecule has 1 unspecified atom stereocenters. The fourth-order valence-corrected chi connectivity index (χ4v) is 4.86. The van der Waals surface area contributed by atoms with Gasteiger partial charge in [0.25, 0.3) is 5.91 Å². The summed E-state index contributed by atoms with van der Waals surface area (Å²) in [6.45, 7) is 6.81. The highest BCUT2D eigenvalue weighted by molar-refractivity contribution is 6.06. The van der Waals surface area contributed by atoms with Crippen molar-refractivity contribution in [2.45, 2.75) is 70.5 Å². The first kappa shape index (κ1) is 30.5. The van der Waals surface area contributed by atoms with E-state index in [0.717, 1.165) is 25.7 Å². The minimum absolute atomic E-state index is 0.143. The molecule has 0 spiro atoms. The summed E-state index contributed by atoms with van der Waals surface area (Å²) in [5, 5.41) is 2.81. The molecule has 1 N–H and O–H groups in total. The van der Waals surface area contributed by atoms with Crippen molar-refractivity contribution in [2.75, 3.05) is 38.9 Å². The van der Waals surface area contributed by atoms with Crippen molar-refractivity contribution in [3.8, 4) is 0 Å². The number of rotatable bonds is 15. The molecule has 222 valence electrons. The molecule has 1 fully saturated rings. The molecule has 1 aliphatic heterocycles. The summed E-state index contributed by atoms with van der Waals surface area (Å²) in [4.78, 5) is 38.4. The molecule has 41 heavy (non-hydrogen) atoms. The first-order valence-corrected chi connectivity index (χ1v) is 14.0. The van der Waals surface area contributed by atoms with Gasteiger partial charge in [-0.15, -0.1) is 0 Å². The number of fused-ring (bicyclic) bond motifs is 1. The third kappa shape index (κ3) is 7.07. The largest absolute Gasteiger partial charge is 0.455 e. The smallest absolute Gasteiger partial charge is 0.303 e. The maximum atomic E-state index is 12.8. The zero-order chi connectivity index (χ0) is 29.2. The molecule has 12 heteroatoms. The van der Waals surface area contributed by atoms with E-state index in [2.05, 4.69) is 34.1 Å². The highest BCUT2D eigenvalue weighted by Crippen LogP contribution is 2.43. The van der Waals surface area contributed by atoms with Crippen LogP contribution in [0.15, 0.2) is 43.0 Å². The third-order valence-electron chi connectivity index (χ3n) is 6.83. The van der Waals surface area contributed by atoms with E-state index in [1.54, 1.807) is 35.9 Å². The average molecular weight is 570 g/mol. The number of ether oxygens (including phenoxy) is 5. The normalized spacial score (nSPS) is 22.2. The summed E-state index contributed by atoms with van der Waals surface area (Å²) in [5.74, 6) is -0.572. The van der Waals surface area contributed by atoms with E-state index < -0.39 is 30.0 Å². The second-order valence-corrected chi connectivity index (χ2v) is 10.00. The predicted molar refractivity (Wildman–Crippen MR) is 150 cm³/mol. The van der Waals surface area contributed by atoms with Crippen LogP contribution in [0.25, 0.3) is 11.2 Å². The second-order valence-electron chi connectivity index (χ2n) is 10.00. The molecule has 0 saturated carbocycles. The molecule has 4 rings (SSSR count). The number of amides is 1. The number of benzene rings is 1. The fraction of sp³-hybridized carbons (Fsp3) is 0.552. The van der Waals surface area contributed by atoms with Gasteiger partial charge in [-0.2, -0.15) is 0 Å². The second kappa shape index (κ2) is 14.4. The first-order valence-electron chi connectivity index (χ1n) is 14.0. The average Bonchev–Trinajstić information content (AvgIpc) is 3.52. The van der Waals surface area contributed by atoms with Crippen molar-refractivity contribution in [1.29, 1.82) is 0 Å². The van der Waals surface area contributed by atoms with Crippen molar-refractivity contribution in [1.82, 2.24) is 19.5 Å². The lowest BCUT2D eigenvalue weighted by Crippen LogP contribution is -2.52. The molecule has 1 saturated heterocycles. The van der Waals surface area contributed by atoms with Gasteiger partial charge in [0.2, 0.25) is 0 Å². The van der Waals surface area contributed by atoms with Crippen LogP contribution in [0.5, 0.6) is 0 Å². The Morgan fingerprint density at radius 2 is 1.80 bits per heavy atom. The summed E-state index contributed by atoms with van der Waals surface area (Å²) < 4.78 is 32.2. The molecule has 2 aromatic heterocycles. The van der Waals surface area contributed by atoms with Crippen LogP contribution in [0.4, 0.5) is 5.82 Å². The number of hydrogen-bond acceptors (Lipinski definition) is 10. The van der Waals surface area contributed by atoms with Crippen LogP contribution in [0.3, 0.4) is 0 Å². The van der Waals surface area contributed by atoms with Gasteiger partial charge in [-0.1, -0.05) is 44.9 Å². The van der Waals surface area contributed by atoms with E-state index >= 15 is 0 Å². The van der Waals surface area contributed by atoms with Gasteiger partial charge in [-0.25, -0.2) is 15.0 Å². The van der Waals surface area contributed by atoms with Crippen molar-refractivity contribution in [2.24, 2.45) is 0 Å². The van der Waals surface area contributed by atoms with Crippen molar-refractivity contribution >= 4 is 28.9 Å². The van der Waals surface area contributed by atoms with E-state index in [0.29, 0.717) is 29.9 Å².